The molecular weight excluding hydrogens is 410 g/mol. The maximum absolute atomic E-state index is 13.1. The second-order valence-electron chi connectivity index (χ2n) is 6.97. The predicted octanol–water partition coefficient (Wildman–Crippen LogP) is 3.22. The molecule has 1 aliphatic heterocycles. The van der Waals surface area contributed by atoms with E-state index in [1.165, 1.54) is 4.31 Å². The van der Waals surface area contributed by atoms with Crippen molar-refractivity contribution in [3.63, 3.8) is 0 Å². The van der Waals surface area contributed by atoms with Gasteiger partial charge < -0.3 is 10.6 Å². The molecule has 150 valence electrons. The number of sulfonamides is 1. The van der Waals surface area contributed by atoms with Crippen LogP contribution in [0, 0.1) is 0 Å². The fraction of sp³-hybridized carbons (Fsp3) is 0.190. The zero-order chi connectivity index (χ0) is 20.6. The summed E-state index contributed by atoms with van der Waals surface area (Å²) in [6.07, 6.45) is 0. The number of amides is 1. The quantitative estimate of drug-likeness (QED) is 0.648. The molecule has 0 unspecified atom stereocenters. The molecule has 0 atom stereocenters. The van der Waals surface area contributed by atoms with Crippen molar-refractivity contribution in [2.45, 2.75) is 4.90 Å². The van der Waals surface area contributed by atoms with E-state index in [1.54, 1.807) is 65.6 Å². The van der Waals surface area contributed by atoms with Gasteiger partial charge in [-0.2, -0.15) is 4.31 Å². The minimum atomic E-state index is -3.64. The Hall–Kier alpha value is -2.61. The standard InChI is InChI=1S/C21H20ClN3O3S/c22-18-5-1-17-14-20(8-4-16(17)13-18)29(27,28)25-11-9-24(10-12-25)21(26)15-2-6-19(23)7-3-15/h1-8,13-14H,9-12,23H2. The van der Waals surface area contributed by atoms with E-state index in [-0.39, 0.29) is 23.9 Å². The summed E-state index contributed by atoms with van der Waals surface area (Å²) in [6.45, 7) is 1.18. The summed E-state index contributed by atoms with van der Waals surface area (Å²) in [5.41, 5.74) is 6.80. The summed E-state index contributed by atoms with van der Waals surface area (Å²) in [5.74, 6) is -0.121. The molecule has 29 heavy (non-hydrogen) atoms. The number of nitrogens with two attached hydrogens (primary N) is 1. The van der Waals surface area contributed by atoms with Crippen molar-refractivity contribution in [2.75, 3.05) is 31.9 Å². The number of rotatable bonds is 3. The lowest BCUT2D eigenvalue weighted by molar-refractivity contribution is 0.0698. The molecule has 4 rings (SSSR count). The first kappa shape index (κ1) is 19.7. The van der Waals surface area contributed by atoms with Crippen molar-refractivity contribution in [3.8, 4) is 0 Å². The van der Waals surface area contributed by atoms with Crippen LogP contribution in [-0.2, 0) is 10.0 Å². The van der Waals surface area contributed by atoms with Gasteiger partial charge >= 0.3 is 0 Å². The molecule has 0 aliphatic carbocycles. The number of hydrogen-bond donors (Lipinski definition) is 1. The zero-order valence-electron chi connectivity index (χ0n) is 15.6. The second-order valence-corrected chi connectivity index (χ2v) is 9.35. The summed E-state index contributed by atoms with van der Waals surface area (Å²) in [4.78, 5) is 14.5. The van der Waals surface area contributed by atoms with E-state index < -0.39 is 10.0 Å². The van der Waals surface area contributed by atoms with Gasteiger partial charge in [0, 0.05) is 42.5 Å². The summed E-state index contributed by atoms with van der Waals surface area (Å²) in [7, 11) is -3.64. The molecule has 3 aromatic carbocycles. The summed E-state index contributed by atoms with van der Waals surface area (Å²) in [5, 5.41) is 2.30. The van der Waals surface area contributed by atoms with Gasteiger partial charge in [-0.3, -0.25) is 4.79 Å². The van der Waals surface area contributed by atoms with Crippen molar-refractivity contribution < 1.29 is 13.2 Å². The molecule has 2 N–H and O–H groups in total. The van der Waals surface area contributed by atoms with Crippen LogP contribution in [0.5, 0.6) is 0 Å². The lowest BCUT2D eigenvalue weighted by Gasteiger charge is -2.34. The molecule has 0 spiro atoms. The average molecular weight is 430 g/mol. The number of halogens is 1. The molecule has 1 heterocycles. The fourth-order valence-electron chi connectivity index (χ4n) is 3.44. The van der Waals surface area contributed by atoms with Crippen LogP contribution >= 0.6 is 11.6 Å². The summed E-state index contributed by atoms with van der Waals surface area (Å²) in [6, 6.07) is 17.1. The van der Waals surface area contributed by atoms with Crippen molar-refractivity contribution in [3.05, 3.63) is 71.2 Å². The summed E-state index contributed by atoms with van der Waals surface area (Å²) >= 11 is 6.00. The van der Waals surface area contributed by atoms with Gasteiger partial charge in [-0.25, -0.2) is 8.42 Å². The normalized spacial score (nSPS) is 15.6. The minimum absolute atomic E-state index is 0.121. The monoisotopic (exact) mass is 429 g/mol. The molecule has 0 saturated carbocycles. The van der Waals surface area contributed by atoms with Crippen molar-refractivity contribution in [1.82, 2.24) is 9.21 Å². The Morgan fingerprint density at radius 1 is 0.862 bits per heavy atom. The third-order valence-electron chi connectivity index (χ3n) is 5.10. The number of anilines is 1. The van der Waals surface area contributed by atoms with Gasteiger partial charge in [-0.15, -0.1) is 0 Å². The van der Waals surface area contributed by atoms with Crippen LogP contribution in [0.25, 0.3) is 10.8 Å². The van der Waals surface area contributed by atoms with E-state index >= 15 is 0 Å². The van der Waals surface area contributed by atoms with Gasteiger partial charge in [-0.05, 0) is 59.3 Å². The van der Waals surface area contributed by atoms with Gasteiger partial charge in [-0.1, -0.05) is 23.7 Å². The zero-order valence-corrected chi connectivity index (χ0v) is 17.2. The first-order chi connectivity index (χ1) is 13.8. The first-order valence-corrected chi connectivity index (χ1v) is 11.0. The second kappa shape index (κ2) is 7.67. The number of fused-ring (bicyclic) bond motifs is 1. The van der Waals surface area contributed by atoms with Gasteiger partial charge in [0.1, 0.15) is 0 Å². The maximum Gasteiger partial charge on any atom is 0.253 e. The number of carbonyl (C=O) groups excluding carboxylic acids is 1. The Labute approximate surface area is 174 Å². The molecule has 1 saturated heterocycles. The highest BCUT2D eigenvalue weighted by Crippen LogP contribution is 2.25. The average Bonchev–Trinajstić information content (AvgIpc) is 2.73. The highest BCUT2D eigenvalue weighted by Gasteiger charge is 2.30. The largest absolute Gasteiger partial charge is 0.399 e. The van der Waals surface area contributed by atoms with Gasteiger partial charge in [0.2, 0.25) is 10.0 Å². The van der Waals surface area contributed by atoms with E-state index in [9.17, 15) is 13.2 Å². The molecular formula is C21H20ClN3O3S. The first-order valence-electron chi connectivity index (χ1n) is 9.19. The van der Waals surface area contributed by atoms with E-state index in [0.717, 1.165) is 10.8 Å². The molecule has 1 fully saturated rings. The Balaban J connectivity index is 1.49. The lowest BCUT2D eigenvalue weighted by Crippen LogP contribution is -2.50. The predicted molar refractivity (Wildman–Crippen MR) is 114 cm³/mol. The molecule has 0 aromatic heterocycles. The number of nitrogen functional groups attached to an aromatic ring is 1. The molecule has 0 radical (unpaired) electrons. The molecule has 6 nitrogen and oxygen atoms in total. The smallest absolute Gasteiger partial charge is 0.253 e. The number of piperazine rings is 1. The van der Waals surface area contributed by atoms with Crippen molar-refractivity contribution in [2.24, 2.45) is 0 Å². The van der Waals surface area contributed by atoms with Crippen molar-refractivity contribution in [1.29, 1.82) is 0 Å². The third-order valence-corrected chi connectivity index (χ3v) is 7.22. The van der Waals surface area contributed by atoms with E-state index in [4.69, 9.17) is 17.3 Å². The Morgan fingerprint density at radius 2 is 1.48 bits per heavy atom. The van der Waals surface area contributed by atoms with Crippen molar-refractivity contribution >= 4 is 44.0 Å². The molecule has 1 aliphatic rings. The van der Waals surface area contributed by atoms with Crippen LogP contribution in [0.2, 0.25) is 5.02 Å². The SMILES string of the molecule is Nc1ccc(C(=O)N2CCN(S(=O)(=O)c3ccc4cc(Cl)ccc4c3)CC2)cc1. The highest BCUT2D eigenvalue weighted by molar-refractivity contribution is 7.89. The van der Waals surface area contributed by atoms with Crippen LogP contribution in [-0.4, -0.2) is 49.7 Å². The Kier molecular flexibility index (Phi) is 5.21. The number of hydrogen-bond acceptors (Lipinski definition) is 4. The number of nitrogens with zero attached hydrogens (tertiary/aromatic N) is 2. The molecule has 3 aromatic rings. The highest BCUT2D eigenvalue weighted by atomic mass is 35.5. The fourth-order valence-corrected chi connectivity index (χ4v) is 5.08. The van der Waals surface area contributed by atoms with Gasteiger partial charge in [0.05, 0.1) is 4.90 Å². The van der Waals surface area contributed by atoms with Crippen LogP contribution in [0.1, 0.15) is 10.4 Å². The molecule has 0 bridgehead atoms. The van der Waals surface area contributed by atoms with E-state index in [2.05, 4.69) is 0 Å². The number of carbonyl (C=O) groups is 1. The minimum Gasteiger partial charge on any atom is -0.399 e. The topological polar surface area (TPSA) is 83.7 Å². The van der Waals surface area contributed by atoms with Gasteiger partial charge in [0.25, 0.3) is 5.91 Å². The van der Waals surface area contributed by atoms with E-state index in [0.29, 0.717) is 29.4 Å². The van der Waals surface area contributed by atoms with Crippen LogP contribution in [0.3, 0.4) is 0 Å². The van der Waals surface area contributed by atoms with Gasteiger partial charge in [0.15, 0.2) is 0 Å². The van der Waals surface area contributed by atoms with E-state index in [1.807, 2.05) is 0 Å². The third kappa shape index (κ3) is 3.94. The van der Waals surface area contributed by atoms with Crippen LogP contribution in [0.15, 0.2) is 65.6 Å². The lowest BCUT2D eigenvalue weighted by atomic mass is 10.1. The van der Waals surface area contributed by atoms with Crippen LogP contribution < -0.4 is 5.73 Å². The maximum atomic E-state index is 13.1. The molecule has 1 amide bonds. The molecule has 8 heteroatoms. The Bertz CT molecular complexity index is 1170. The number of benzene rings is 3. The Morgan fingerprint density at radius 3 is 2.17 bits per heavy atom. The summed E-state index contributed by atoms with van der Waals surface area (Å²) < 4.78 is 27.6. The van der Waals surface area contributed by atoms with Crippen LogP contribution in [0.4, 0.5) is 5.69 Å².